The molecule has 0 radical (unpaired) electrons. The van der Waals surface area contributed by atoms with Gasteiger partial charge in [-0.15, -0.1) is 11.3 Å². The van der Waals surface area contributed by atoms with Crippen LogP contribution in [0.25, 0.3) is 31.7 Å². The van der Waals surface area contributed by atoms with Gasteiger partial charge >= 0.3 is 0 Å². The van der Waals surface area contributed by atoms with Gasteiger partial charge in [-0.25, -0.2) is 4.39 Å². The van der Waals surface area contributed by atoms with Gasteiger partial charge in [-0.05, 0) is 48.0 Å². The first-order chi connectivity index (χ1) is 12.7. The number of thiophene rings is 1. The summed E-state index contributed by atoms with van der Waals surface area (Å²) in [5.41, 5.74) is 2.53. The van der Waals surface area contributed by atoms with Gasteiger partial charge in [0, 0.05) is 32.2 Å². The van der Waals surface area contributed by atoms with Crippen LogP contribution in [0.5, 0.6) is 11.5 Å². The van der Waals surface area contributed by atoms with Gasteiger partial charge in [-0.1, -0.05) is 18.2 Å². The Hall–Kier alpha value is -2.85. The Kier molecular flexibility index (Phi) is 4.35. The molecule has 3 aromatic carbocycles. The van der Waals surface area contributed by atoms with E-state index >= 15 is 0 Å². The number of ether oxygens (including phenoxy) is 2. The SMILES string of the molecule is COc1ccc(-c2sc3ccccc3c2-c2ccc(OC)cc2F)cc1. The van der Waals surface area contributed by atoms with Crippen LogP contribution in [0.1, 0.15) is 0 Å². The fraction of sp³-hybridized carbons (Fsp3) is 0.0909. The molecule has 0 aliphatic heterocycles. The molecule has 0 saturated carbocycles. The minimum Gasteiger partial charge on any atom is -0.497 e. The van der Waals surface area contributed by atoms with Gasteiger partial charge in [0.25, 0.3) is 0 Å². The maximum atomic E-state index is 14.8. The molecular weight excluding hydrogens is 347 g/mol. The quantitative estimate of drug-likeness (QED) is 0.418. The molecule has 0 bridgehead atoms. The second-order valence-corrected chi connectivity index (χ2v) is 6.93. The Morgan fingerprint density at radius 1 is 0.808 bits per heavy atom. The van der Waals surface area contributed by atoms with Crippen LogP contribution >= 0.6 is 11.3 Å². The first kappa shape index (κ1) is 16.6. The van der Waals surface area contributed by atoms with Crippen LogP contribution in [0.3, 0.4) is 0 Å². The maximum Gasteiger partial charge on any atom is 0.134 e. The highest BCUT2D eigenvalue weighted by atomic mass is 32.1. The zero-order valence-corrected chi connectivity index (χ0v) is 15.3. The smallest absolute Gasteiger partial charge is 0.134 e. The molecular formula is C22H17FO2S. The predicted molar refractivity (Wildman–Crippen MR) is 106 cm³/mol. The van der Waals surface area contributed by atoms with Gasteiger partial charge in [0.2, 0.25) is 0 Å². The topological polar surface area (TPSA) is 18.5 Å². The van der Waals surface area contributed by atoms with Crippen molar-refractivity contribution in [3.8, 4) is 33.1 Å². The third-order valence-electron chi connectivity index (χ3n) is 4.39. The van der Waals surface area contributed by atoms with E-state index in [0.29, 0.717) is 11.3 Å². The summed E-state index contributed by atoms with van der Waals surface area (Å²) in [6, 6.07) is 21.0. The molecule has 0 fully saturated rings. The summed E-state index contributed by atoms with van der Waals surface area (Å²) in [6.45, 7) is 0. The zero-order chi connectivity index (χ0) is 18.1. The summed E-state index contributed by atoms with van der Waals surface area (Å²) in [5.74, 6) is 1.02. The average Bonchev–Trinajstić information content (AvgIpc) is 3.07. The van der Waals surface area contributed by atoms with Crippen molar-refractivity contribution in [2.45, 2.75) is 0 Å². The molecule has 0 unspecified atom stereocenters. The van der Waals surface area contributed by atoms with Crippen LogP contribution in [0, 0.1) is 5.82 Å². The highest BCUT2D eigenvalue weighted by Gasteiger charge is 2.18. The van der Waals surface area contributed by atoms with Gasteiger partial charge in [-0.2, -0.15) is 0 Å². The largest absolute Gasteiger partial charge is 0.497 e. The monoisotopic (exact) mass is 364 g/mol. The molecule has 4 aromatic rings. The van der Waals surface area contributed by atoms with Crippen molar-refractivity contribution >= 4 is 21.4 Å². The van der Waals surface area contributed by atoms with E-state index in [9.17, 15) is 4.39 Å². The van der Waals surface area contributed by atoms with Crippen LogP contribution in [-0.2, 0) is 0 Å². The van der Waals surface area contributed by atoms with Crippen molar-refractivity contribution in [1.82, 2.24) is 0 Å². The van der Waals surface area contributed by atoms with Gasteiger partial charge in [0.1, 0.15) is 17.3 Å². The zero-order valence-electron chi connectivity index (χ0n) is 14.5. The summed E-state index contributed by atoms with van der Waals surface area (Å²) >= 11 is 1.67. The van der Waals surface area contributed by atoms with E-state index in [-0.39, 0.29) is 5.82 Å². The summed E-state index contributed by atoms with van der Waals surface area (Å²) in [7, 11) is 3.18. The first-order valence-electron chi connectivity index (χ1n) is 8.21. The number of hydrogen-bond acceptors (Lipinski definition) is 3. The lowest BCUT2D eigenvalue weighted by atomic mass is 9.98. The molecule has 0 spiro atoms. The lowest BCUT2D eigenvalue weighted by molar-refractivity contribution is 0.411. The van der Waals surface area contributed by atoms with Crippen LogP contribution in [0.15, 0.2) is 66.7 Å². The molecule has 1 aromatic heterocycles. The number of fused-ring (bicyclic) bond motifs is 1. The standard InChI is InChI=1S/C22H17FO2S/c1-24-15-9-7-14(8-10-15)22-21(18-5-3-4-6-20(18)26-22)17-12-11-16(25-2)13-19(17)23/h3-13H,1-2H3. The number of methoxy groups -OCH3 is 2. The van der Waals surface area contributed by atoms with Crippen LogP contribution < -0.4 is 9.47 Å². The van der Waals surface area contributed by atoms with E-state index in [1.165, 1.54) is 13.2 Å². The van der Waals surface area contributed by atoms with Crippen LogP contribution in [-0.4, -0.2) is 14.2 Å². The second kappa shape index (κ2) is 6.81. The average molecular weight is 364 g/mol. The van der Waals surface area contributed by atoms with Gasteiger partial charge in [0.15, 0.2) is 0 Å². The Labute approximate surface area is 155 Å². The van der Waals surface area contributed by atoms with E-state index in [1.54, 1.807) is 30.6 Å². The van der Waals surface area contributed by atoms with Crippen molar-refractivity contribution in [2.75, 3.05) is 14.2 Å². The van der Waals surface area contributed by atoms with E-state index in [0.717, 1.165) is 31.8 Å². The Morgan fingerprint density at radius 2 is 1.50 bits per heavy atom. The number of benzene rings is 3. The minimum absolute atomic E-state index is 0.289. The van der Waals surface area contributed by atoms with Gasteiger partial charge in [-0.3, -0.25) is 0 Å². The molecule has 1 heterocycles. The van der Waals surface area contributed by atoms with Crippen LogP contribution in [0.2, 0.25) is 0 Å². The molecule has 0 aliphatic rings. The van der Waals surface area contributed by atoms with Crippen molar-refractivity contribution in [2.24, 2.45) is 0 Å². The molecule has 4 rings (SSSR count). The molecule has 0 amide bonds. The fourth-order valence-electron chi connectivity index (χ4n) is 3.08. The Bertz CT molecular complexity index is 1070. The Morgan fingerprint density at radius 3 is 2.19 bits per heavy atom. The van der Waals surface area contributed by atoms with Crippen molar-refractivity contribution in [3.63, 3.8) is 0 Å². The van der Waals surface area contributed by atoms with Crippen molar-refractivity contribution in [3.05, 3.63) is 72.5 Å². The minimum atomic E-state index is -0.289. The first-order valence-corrected chi connectivity index (χ1v) is 9.03. The maximum absolute atomic E-state index is 14.8. The molecule has 130 valence electrons. The summed E-state index contributed by atoms with van der Waals surface area (Å²) in [4.78, 5) is 1.04. The number of hydrogen-bond donors (Lipinski definition) is 0. The van der Waals surface area contributed by atoms with Crippen molar-refractivity contribution in [1.29, 1.82) is 0 Å². The second-order valence-electron chi connectivity index (χ2n) is 5.88. The molecule has 0 atom stereocenters. The van der Waals surface area contributed by atoms with E-state index in [1.807, 2.05) is 42.5 Å². The molecule has 0 aliphatic carbocycles. The normalized spacial score (nSPS) is 10.9. The number of halogens is 1. The fourth-order valence-corrected chi connectivity index (χ4v) is 4.31. The van der Waals surface area contributed by atoms with E-state index in [4.69, 9.17) is 9.47 Å². The highest BCUT2D eigenvalue weighted by molar-refractivity contribution is 7.23. The van der Waals surface area contributed by atoms with E-state index in [2.05, 4.69) is 6.07 Å². The predicted octanol–water partition coefficient (Wildman–Crippen LogP) is 6.39. The lowest BCUT2D eigenvalue weighted by Crippen LogP contribution is -1.89. The number of rotatable bonds is 4. The van der Waals surface area contributed by atoms with Gasteiger partial charge in [0.05, 0.1) is 14.2 Å². The molecule has 26 heavy (non-hydrogen) atoms. The molecule has 4 heteroatoms. The van der Waals surface area contributed by atoms with Crippen molar-refractivity contribution < 1.29 is 13.9 Å². The van der Waals surface area contributed by atoms with Gasteiger partial charge < -0.3 is 9.47 Å². The molecule has 0 N–H and O–H groups in total. The molecule has 0 saturated heterocycles. The van der Waals surface area contributed by atoms with Crippen LogP contribution in [0.4, 0.5) is 4.39 Å². The molecule has 2 nitrogen and oxygen atoms in total. The summed E-state index contributed by atoms with van der Waals surface area (Å²) < 4.78 is 26.4. The lowest BCUT2D eigenvalue weighted by Gasteiger charge is -2.09. The summed E-state index contributed by atoms with van der Waals surface area (Å²) in [6.07, 6.45) is 0. The third-order valence-corrected chi connectivity index (χ3v) is 5.61. The Balaban J connectivity index is 1.97. The third kappa shape index (κ3) is 2.82. The summed E-state index contributed by atoms with van der Waals surface area (Å²) in [5, 5.41) is 1.05. The highest BCUT2D eigenvalue weighted by Crippen LogP contribution is 2.46. The van der Waals surface area contributed by atoms with E-state index < -0.39 is 0 Å².